The van der Waals surface area contributed by atoms with Crippen LogP contribution in [0.4, 0.5) is 11.5 Å². The van der Waals surface area contributed by atoms with E-state index in [2.05, 4.69) is 10.5 Å². The Balaban J connectivity index is 2.11. The first-order valence-electron chi connectivity index (χ1n) is 9.69. The predicted octanol–water partition coefficient (Wildman–Crippen LogP) is 5.44. The molecule has 28 heavy (non-hydrogen) atoms. The van der Waals surface area contributed by atoms with Gasteiger partial charge in [-0.25, -0.2) is 9.97 Å². The van der Waals surface area contributed by atoms with E-state index in [0.29, 0.717) is 23.6 Å². The molecule has 6 nitrogen and oxygen atoms in total. The van der Waals surface area contributed by atoms with E-state index in [1.807, 2.05) is 45.9 Å². The maximum Gasteiger partial charge on any atom is 0.225 e. The molecule has 0 bridgehead atoms. The smallest absolute Gasteiger partial charge is 0.225 e. The zero-order valence-corrected chi connectivity index (χ0v) is 16.9. The number of aromatic nitrogens is 2. The third kappa shape index (κ3) is 4.50. The molecule has 1 aromatic heterocycles. The SMILES string of the molecule is CC(C)=Cc1nc2c(nc1NC(=O)CC(C)C)CCCc1cc(N=O)ccc1-2. The Hall–Kier alpha value is -2.89. The van der Waals surface area contributed by atoms with Gasteiger partial charge in [0.1, 0.15) is 11.4 Å². The highest BCUT2D eigenvalue weighted by molar-refractivity contribution is 5.92. The average Bonchev–Trinajstić information content (AvgIpc) is 2.79. The van der Waals surface area contributed by atoms with Gasteiger partial charge in [-0.3, -0.25) is 4.79 Å². The third-order valence-corrected chi connectivity index (χ3v) is 4.58. The summed E-state index contributed by atoms with van der Waals surface area (Å²) in [6.07, 6.45) is 4.88. The fourth-order valence-electron chi connectivity index (χ4n) is 3.41. The molecule has 0 radical (unpaired) electrons. The lowest BCUT2D eigenvalue weighted by Crippen LogP contribution is -2.17. The van der Waals surface area contributed by atoms with Gasteiger partial charge in [0.15, 0.2) is 5.82 Å². The predicted molar refractivity (Wildman–Crippen MR) is 112 cm³/mol. The van der Waals surface area contributed by atoms with E-state index in [-0.39, 0.29) is 11.8 Å². The van der Waals surface area contributed by atoms with Crippen LogP contribution in [0.1, 0.15) is 57.5 Å². The summed E-state index contributed by atoms with van der Waals surface area (Å²) in [5.74, 6) is 0.733. The number of nitrogens with one attached hydrogen (secondary N) is 1. The number of benzene rings is 1. The second-order valence-electron chi connectivity index (χ2n) is 7.91. The Morgan fingerprint density at radius 1 is 1.25 bits per heavy atom. The molecular weight excluding hydrogens is 352 g/mol. The number of nitroso groups, excluding NO2 is 1. The van der Waals surface area contributed by atoms with Gasteiger partial charge < -0.3 is 5.32 Å². The van der Waals surface area contributed by atoms with Crippen molar-refractivity contribution in [2.75, 3.05) is 5.32 Å². The summed E-state index contributed by atoms with van der Waals surface area (Å²) >= 11 is 0. The Labute approximate surface area is 165 Å². The average molecular weight is 378 g/mol. The minimum absolute atomic E-state index is 0.0524. The molecule has 0 atom stereocenters. The van der Waals surface area contributed by atoms with Crippen molar-refractivity contribution in [3.63, 3.8) is 0 Å². The number of allylic oxidation sites excluding steroid dienone is 1. The first-order chi connectivity index (χ1) is 13.4. The molecule has 1 heterocycles. The van der Waals surface area contributed by atoms with Crippen LogP contribution in [0.3, 0.4) is 0 Å². The van der Waals surface area contributed by atoms with Crippen molar-refractivity contribution in [3.8, 4) is 11.3 Å². The minimum Gasteiger partial charge on any atom is -0.309 e. The second-order valence-corrected chi connectivity index (χ2v) is 7.91. The second kappa shape index (κ2) is 8.42. The van der Waals surface area contributed by atoms with Gasteiger partial charge in [-0.1, -0.05) is 25.5 Å². The number of fused-ring (bicyclic) bond motifs is 3. The molecule has 1 N–H and O–H groups in total. The van der Waals surface area contributed by atoms with Crippen LogP contribution in [0, 0.1) is 10.8 Å². The van der Waals surface area contributed by atoms with E-state index in [0.717, 1.165) is 47.4 Å². The lowest BCUT2D eigenvalue weighted by Gasteiger charge is -2.14. The van der Waals surface area contributed by atoms with Gasteiger partial charge in [-0.05, 0) is 68.0 Å². The van der Waals surface area contributed by atoms with E-state index in [1.54, 1.807) is 6.07 Å². The largest absolute Gasteiger partial charge is 0.309 e. The van der Waals surface area contributed by atoms with E-state index in [1.165, 1.54) is 0 Å². The van der Waals surface area contributed by atoms with Crippen LogP contribution in [0.2, 0.25) is 0 Å². The van der Waals surface area contributed by atoms with Gasteiger partial charge >= 0.3 is 0 Å². The Kier molecular flexibility index (Phi) is 5.97. The molecule has 0 aliphatic heterocycles. The summed E-state index contributed by atoms with van der Waals surface area (Å²) in [5, 5.41) is 6.00. The summed E-state index contributed by atoms with van der Waals surface area (Å²) in [5.41, 5.74) is 5.89. The monoisotopic (exact) mass is 378 g/mol. The number of amides is 1. The highest BCUT2D eigenvalue weighted by Gasteiger charge is 2.21. The van der Waals surface area contributed by atoms with E-state index in [9.17, 15) is 9.70 Å². The zero-order valence-electron chi connectivity index (χ0n) is 16.9. The van der Waals surface area contributed by atoms with Crippen molar-refractivity contribution < 1.29 is 4.79 Å². The number of anilines is 1. The van der Waals surface area contributed by atoms with Crippen LogP contribution >= 0.6 is 0 Å². The highest BCUT2D eigenvalue weighted by atomic mass is 16.3. The van der Waals surface area contributed by atoms with E-state index >= 15 is 0 Å². The lowest BCUT2D eigenvalue weighted by atomic mass is 10.0. The van der Waals surface area contributed by atoms with E-state index < -0.39 is 0 Å². The van der Waals surface area contributed by atoms with Crippen molar-refractivity contribution >= 4 is 23.5 Å². The van der Waals surface area contributed by atoms with Gasteiger partial charge in [-0.15, -0.1) is 4.91 Å². The normalized spacial score (nSPS) is 12.6. The first-order valence-corrected chi connectivity index (χ1v) is 9.69. The Morgan fingerprint density at radius 3 is 2.71 bits per heavy atom. The maximum atomic E-state index is 12.3. The summed E-state index contributed by atoms with van der Waals surface area (Å²) in [7, 11) is 0. The Morgan fingerprint density at radius 2 is 2.04 bits per heavy atom. The van der Waals surface area contributed by atoms with Gasteiger partial charge in [0, 0.05) is 12.0 Å². The fourth-order valence-corrected chi connectivity index (χ4v) is 3.41. The molecular formula is C22H26N4O2. The Bertz CT molecular complexity index is 944. The van der Waals surface area contributed by atoms with Crippen molar-refractivity contribution in [3.05, 3.63) is 45.6 Å². The number of aryl methyl sites for hydroxylation is 2. The van der Waals surface area contributed by atoms with Gasteiger partial charge in [-0.2, -0.15) is 0 Å². The van der Waals surface area contributed by atoms with Crippen molar-refractivity contribution in [1.82, 2.24) is 9.97 Å². The number of rotatable bonds is 5. The fraction of sp³-hybridized carbons (Fsp3) is 0.409. The van der Waals surface area contributed by atoms with Crippen LogP contribution in [-0.2, 0) is 17.6 Å². The van der Waals surface area contributed by atoms with Gasteiger partial charge in [0.05, 0.1) is 11.4 Å². The van der Waals surface area contributed by atoms with Crippen LogP contribution in [0.25, 0.3) is 17.3 Å². The first kappa shape index (κ1) is 19.9. The quantitative estimate of drug-likeness (QED) is 0.702. The molecule has 0 spiro atoms. The van der Waals surface area contributed by atoms with Crippen LogP contribution in [0.5, 0.6) is 0 Å². The molecule has 1 amide bonds. The molecule has 3 rings (SSSR count). The molecule has 0 saturated carbocycles. The standard InChI is InChI=1S/C22H26N4O2/c1-13(2)10-19-22(25-20(27)11-14(3)4)24-18-7-5-6-15-12-16(26-28)8-9-17(15)21(18)23-19/h8-10,12,14H,5-7,11H2,1-4H3,(H,24,25,27). The molecule has 1 aromatic carbocycles. The number of hydrogen-bond acceptors (Lipinski definition) is 5. The maximum absolute atomic E-state index is 12.3. The molecule has 1 aliphatic rings. The van der Waals surface area contributed by atoms with Crippen molar-refractivity contribution in [1.29, 1.82) is 0 Å². The summed E-state index contributed by atoms with van der Waals surface area (Å²) in [6.45, 7) is 8.00. The third-order valence-electron chi connectivity index (χ3n) is 4.58. The highest BCUT2D eigenvalue weighted by Crippen LogP contribution is 2.34. The zero-order chi connectivity index (χ0) is 20.3. The molecule has 0 fully saturated rings. The molecule has 146 valence electrons. The summed E-state index contributed by atoms with van der Waals surface area (Å²) < 4.78 is 0. The van der Waals surface area contributed by atoms with Crippen LogP contribution in [0.15, 0.2) is 28.9 Å². The van der Waals surface area contributed by atoms with Crippen LogP contribution in [-0.4, -0.2) is 15.9 Å². The summed E-state index contributed by atoms with van der Waals surface area (Å²) in [4.78, 5) is 32.9. The molecule has 0 unspecified atom stereocenters. The summed E-state index contributed by atoms with van der Waals surface area (Å²) in [6, 6.07) is 5.44. The van der Waals surface area contributed by atoms with E-state index in [4.69, 9.17) is 9.97 Å². The number of hydrogen-bond donors (Lipinski definition) is 1. The number of nitrogens with zero attached hydrogens (tertiary/aromatic N) is 3. The topological polar surface area (TPSA) is 84.3 Å². The van der Waals surface area contributed by atoms with Crippen molar-refractivity contribution in [2.24, 2.45) is 11.1 Å². The molecule has 2 aromatic rings. The molecule has 1 aliphatic carbocycles. The minimum atomic E-state index is -0.0524. The lowest BCUT2D eigenvalue weighted by molar-refractivity contribution is -0.116. The van der Waals surface area contributed by atoms with Gasteiger partial charge in [0.2, 0.25) is 5.91 Å². The number of carbonyl (C=O) groups excluding carboxylic acids is 1. The molecule has 6 heteroatoms. The number of carbonyl (C=O) groups is 1. The van der Waals surface area contributed by atoms with Crippen LogP contribution < -0.4 is 5.32 Å². The van der Waals surface area contributed by atoms with Crippen molar-refractivity contribution in [2.45, 2.75) is 53.4 Å². The van der Waals surface area contributed by atoms with Gasteiger partial charge in [0.25, 0.3) is 0 Å². The molecule has 0 saturated heterocycles.